The number of phenolic OH excluding ortho intramolecular Hbond substituents is 1. The minimum Gasteiger partial charge on any atom is -0.507 e. The van der Waals surface area contributed by atoms with Gasteiger partial charge in [-0.3, -0.25) is 9.59 Å². The van der Waals surface area contributed by atoms with Crippen LogP contribution in [-0.2, 0) is 29.7 Å². The number of hydrogen-bond donors (Lipinski definition) is 2. The highest BCUT2D eigenvalue weighted by molar-refractivity contribution is 6.04. The lowest BCUT2D eigenvalue weighted by molar-refractivity contribution is -0.118. The molecule has 1 atom stereocenters. The first-order chi connectivity index (χ1) is 19.0. The Morgan fingerprint density at radius 3 is 2.60 bits per heavy atom. The Morgan fingerprint density at radius 1 is 1.18 bits per heavy atom. The molecule has 4 nitrogen and oxygen atoms in total. The highest BCUT2D eigenvalue weighted by Crippen LogP contribution is 2.41. The Morgan fingerprint density at radius 2 is 1.93 bits per heavy atom. The first-order valence-corrected chi connectivity index (χ1v) is 13.9. The molecule has 1 aliphatic rings. The van der Waals surface area contributed by atoms with Gasteiger partial charge in [0.2, 0.25) is 0 Å². The first-order valence-electron chi connectivity index (χ1n) is 13.9. The van der Waals surface area contributed by atoms with E-state index in [1.165, 1.54) is 6.07 Å². The lowest BCUT2D eigenvalue weighted by Gasteiger charge is -2.28. The summed E-state index contributed by atoms with van der Waals surface area (Å²) >= 11 is 0. The Kier molecular flexibility index (Phi) is 8.61. The second-order valence-corrected chi connectivity index (χ2v) is 11.2. The molecule has 0 spiro atoms. The smallest absolute Gasteiger partial charge is 0.173 e. The molecular weight excluding hydrogens is 503 g/mol. The molecular formula is C35H37FO4. The molecule has 1 aliphatic carbocycles. The molecule has 0 bridgehead atoms. The molecule has 1 unspecified atom stereocenters. The van der Waals surface area contributed by atoms with Crippen LogP contribution in [0.3, 0.4) is 0 Å². The van der Waals surface area contributed by atoms with Crippen molar-refractivity contribution in [3.05, 3.63) is 87.2 Å². The van der Waals surface area contributed by atoms with Gasteiger partial charge >= 0.3 is 0 Å². The van der Waals surface area contributed by atoms with E-state index in [0.717, 1.165) is 23.1 Å². The van der Waals surface area contributed by atoms with E-state index in [1.54, 1.807) is 19.9 Å². The molecule has 40 heavy (non-hydrogen) atoms. The van der Waals surface area contributed by atoms with Gasteiger partial charge in [-0.05, 0) is 104 Å². The van der Waals surface area contributed by atoms with Crippen molar-refractivity contribution in [3.63, 3.8) is 0 Å². The first kappa shape index (κ1) is 29.2. The van der Waals surface area contributed by atoms with E-state index < -0.39 is 17.2 Å². The largest absolute Gasteiger partial charge is 0.507 e. The van der Waals surface area contributed by atoms with Gasteiger partial charge in [0.25, 0.3) is 0 Å². The summed E-state index contributed by atoms with van der Waals surface area (Å²) in [5.74, 6) is 4.75. The van der Waals surface area contributed by atoms with Gasteiger partial charge < -0.3 is 10.2 Å². The summed E-state index contributed by atoms with van der Waals surface area (Å²) in [7, 11) is 0. The number of Topliss-reactive ketones (excluding diaryl/α,β-unsaturated/α-hetero) is 2. The predicted molar refractivity (Wildman–Crippen MR) is 156 cm³/mol. The highest BCUT2D eigenvalue weighted by atomic mass is 19.1. The highest BCUT2D eigenvalue weighted by Gasteiger charge is 2.34. The molecule has 2 N–H and O–H groups in total. The van der Waals surface area contributed by atoms with E-state index in [4.69, 9.17) is 0 Å². The fourth-order valence-electron chi connectivity index (χ4n) is 5.88. The Hall–Kier alpha value is -3.75. The van der Waals surface area contributed by atoms with Crippen molar-refractivity contribution in [1.29, 1.82) is 0 Å². The standard InChI is InChI=1S/C35H37FO4/c1-6-9-26(38)18-24-16-23(15-21(3)33(24)39)27-10-8-11-28(30(27)20-37)29-13-12-22-17-25(35(4,5)14-7-2)19-31(36)32(22)34(29)40/h8,10-11,15-17,19,29,37,39H,6,9,12-13,18,20H2,1-5H3. The molecule has 3 aromatic carbocycles. The minimum atomic E-state index is -0.595. The summed E-state index contributed by atoms with van der Waals surface area (Å²) in [6.07, 6.45) is 2.33. The van der Waals surface area contributed by atoms with Crippen molar-refractivity contribution in [2.75, 3.05) is 0 Å². The number of aromatic hydroxyl groups is 1. The molecule has 0 amide bonds. The van der Waals surface area contributed by atoms with Gasteiger partial charge in [-0.2, -0.15) is 0 Å². The van der Waals surface area contributed by atoms with E-state index in [-0.39, 0.29) is 35.9 Å². The molecule has 0 radical (unpaired) electrons. The van der Waals surface area contributed by atoms with Crippen LogP contribution in [0, 0.1) is 24.6 Å². The van der Waals surface area contributed by atoms with Crippen molar-refractivity contribution in [2.24, 2.45) is 0 Å². The quantitative estimate of drug-likeness (QED) is 0.298. The second-order valence-electron chi connectivity index (χ2n) is 11.2. The van der Waals surface area contributed by atoms with E-state index in [2.05, 4.69) is 11.8 Å². The maximum atomic E-state index is 15.5. The third kappa shape index (κ3) is 5.60. The zero-order chi connectivity index (χ0) is 29.2. The van der Waals surface area contributed by atoms with Crippen molar-refractivity contribution < 1.29 is 24.2 Å². The molecule has 0 fully saturated rings. The number of carbonyl (C=O) groups excluding carboxylic acids is 2. The van der Waals surface area contributed by atoms with Crippen molar-refractivity contribution in [1.82, 2.24) is 0 Å². The summed E-state index contributed by atoms with van der Waals surface area (Å²) in [6.45, 7) is 9.04. The number of halogens is 1. The van der Waals surface area contributed by atoms with Crippen LogP contribution in [0.5, 0.6) is 5.75 Å². The summed E-state index contributed by atoms with van der Waals surface area (Å²) in [4.78, 5) is 26.1. The number of carbonyl (C=O) groups is 2. The van der Waals surface area contributed by atoms with E-state index in [9.17, 15) is 19.8 Å². The van der Waals surface area contributed by atoms with Gasteiger partial charge in [-0.1, -0.05) is 37.1 Å². The number of aliphatic hydroxyl groups is 1. The monoisotopic (exact) mass is 540 g/mol. The van der Waals surface area contributed by atoms with Gasteiger partial charge in [0.1, 0.15) is 17.3 Å². The topological polar surface area (TPSA) is 74.6 Å². The predicted octanol–water partition coefficient (Wildman–Crippen LogP) is 7.12. The third-order valence-corrected chi connectivity index (χ3v) is 7.95. The number of aliphatic hydroxyl groups excluding tert-OH is 1. The normalized spacial score (nSPS) is 14.9. The van der Waals surface area contributed by atoms with Crippen LogP contribution in [0.15, 0.2) is 42.5 Å². The van der Waals surface area contributed by atoms with Crippen LogP contribution in [0.1, 0.15) is 96.6 Å². The maximum absolute atomic E-state index is 15.5. The number of hydrogen-bond acceptors (Lipinski definition) is 4. The Bertz CT molecular complexity index is 1540. The SMILES string of the molecule is CC#CC(C)(C)c1cc(F)c2c(c1)CCC(c1cccc(-c3cc(C)c(O)c(CC(=O)CCC)c3)c1CO)C2=O. The number of fused-ring (bicyclic) bond motifs is 1. The molecule has 3 aromatic rings. The van der Waals surface area contributed by atoms with E-state index in [1.807, 2.05) is 51.1 Å². The van der Waals surface area contributed by atoms with Crippen LogP contribution >= 0.6 is 0 Å². The lowest BCUT2D eigenvalue weighted by Crippen LogP contribution is -2.25. The van der Waals surface area contributed by atoms with Gasteiger partial charge in [-0.25, -0.2) is 4.39 Å². The lowest BCUT2D eigenvalue weighted by atomic mass is 9.74. The average molecular weight is 541 g/mol. The molecule has 0 heterocycles. The fraction of sp³-hybridized carbons (Fsp3) is 0.371. The van der Waals surface area contributed by atoms with Gasteiger partial charge in [0, 0.05) is 24.3 Å². The zero-order valence-electron chi connectivity index (χ0n) is 24.0. The minimum absolute atomic E-state index is 0.0484. The number of rotatable bonds is 8. The van der Waals surface area contributed by atoms with Crippen LogP contribution < -0.4 is 0 Å². The van der Waals surface area contributed by atoms with Crippen molar-refractivity contribution in [2.45, 2.75) is 84.7 Å². The molecule has 0 saturated heterocycles. The van der Waals surface area contributed by atoms with Crippen LogP contribution in [0.2, 0.25) is 0 Å². The van der Waals surface area contributed by atoms with Crippen molar-refractivity contribution in [3.8, 4) is 28.7 Å². The zero-order valence-corrected chi connectivity index (χ0v) is 24.0. The average Bonchev–Trinajstić information content (AvgIpc) is 2.90. The summed E-state index contributed by atoms with van der Waals surface area (Å²) in [6, 6.07) is 12.5. The molecule has 208 valence electrons. The summed E-state index contributed by atoms with van der Waals surface area (Å²) in [5, 5.41) is 21.1. The summed E-state index contributed by atoms with van der Waals surface area (Å²) < 4.78 is 15.5. The Labute approximate surface area is 236 Å². The maximum Gasteiger partial charge on any atom is 0.173 e. The second kappa shape index (κ2) is 11.8. The number of aryl methyl sites for hydroxylation is 2. The summed E-state index contributed by atoms with van der Waals surface area (Å²) in [5.41, 5.74) is 4.93. The van der Waals surface area contributed by atoms with Crippen LogP contribution in [0.4, 0.5) is 4.39 Å². The van der Waals surface area contributed by atoms with Gasteiger partial charge in [0.15, 0.2) is 5.78 Å². The molecule has 0 aliphatic heterocycles. The number of benzene rings is 3. The van der Waals surface area contributed by atoms with Gasteiger partial charge in [-0.15, -0.1) is 5.92 Å². The molecule has 0 aromatic heterocycles. The number of phenols is 1. The molecule has 4 rings (SSSR count). The van der Waals surface area contributed by atoms with E-state index >= 15 is 4.39 Å². The molecule has 5 heteroatoms. The fourth-order valence-corrected chi connectivity index (χ4v) is 5.88. The number of ketones is 2. The molecule has 0 saturated carbocycles. The third-order valence-electron chi connectivity index (χ3n) is 7.95. The van der Waals surface area contributed by atoms with Crippen molar-refractivity contribution >= 4 is 11.6 Å². The van der Waals surface area contributed by atoms with Gasteiger partial charge in [0.05, 0.1) is 17.6 Å². The Balaban J connectivity index is 1.76. The van der Waals surface area contributed by atoms with E-state index in [0.29, 0.717) is 47.1 Å². The van der Waals surface area contributed by atoms with Crippen LogP contribution in [-0.4, -0.2) is 21.8 Å². The van der Waals surface area contributed by atoms with Crippen LogP contribution in [0.25, 0.3) is 11.1 Å².